The highest BCUT2D eigenvalue weighted by atomic mass is 16.5. The predicted molar refractivity (Wildman–Crippen MR) is 127 cm³/mol. The molecular weight excluding hydrogens is 434 g/mol. The summed E-state index contributed by atoms with van der Waals surface area (Å²) >= 11 is 0. The van der Waals surface area contributed by atoms with Crippen LogP contribution in [0.2, 0.25) is 0 Å². The number of hydrogen-bond acceptors (Lipinski definition) is 7. The molecule has 3 aromatic rings. The number of nitrogens with zero attached hydrogens (tertiary/aromatic N) is 4. The molecule has 0 radical (unpaired) electrons. The Bertz CT molecular complexity index is 1140. The number of benzene rings is 1. The smallest absolute Gasteiger partial charge is 0.244 e. The Morgan fingerprint density at radius 3 is 2.88 bits per heavy atom. The lowest BCUT2D eigenvalue weighted by Crippen LogP contribution is -2.24. The van der Waals surface area contributed by atoms with Crippen LogP contribution >= 0.6 is 0 Å². The summed E-state index contributed by atoms with van der Waals surface area (Å²) in [6.45, 7) is 5.55. The van der Waals surface area contributed by atoms with Gasteiger partial charge in [-0.15, -0.1) is 10.2 Å². The van der Waals surface area contributed by atoms with Crippen LogP contribution < -0.4 is 14.8 Å². The minimum Gasteiger partial charge on any atom is -0.493 e. The van der Waals surface area contributed by atoms with E-state index in [1.807, 2.05) is 32.0 Å². The summed E-state index contributed by atoms with van der Waals surface area (Å²) in [5.41, 5.74) is 2.56. The summed E-state index contributed by atoms with van der Waals surface area (Å²) in [5, 5.41) is 15.5. The van der Waals surface area contributed by atoms with Gasteiger partial charge in [-0.2, -0.15) is 0 Å². The molecular formula is C25H31N5O4. The molecule has 9 heteroatoms. The first kappa shape index (κ1) is 23.5. The van der Waals surface area contributed by atoms with E-state index in [9.17, 15) is 4.79 Å². The van der Waals surface area contributed by atoms with Crippen molar-refractivity contribution in [2.75, 3.05) is 13.7 Å². The van der Waals surface area contributed by atoms with Gasteiger partial charge in [-0.3, -0.25) is 4.79 Å². The van der Waals surface area contributed by atoms with Gasteiger partial charge in [0, 0.05) is 32.0 Å². The van der Waals surface area contributed by atoms with Gasteiger partial charge in [-0.1, -0.05) is 17.6 Å². The van der Waals surface area contributed by atoms with Crippen molar-refractivity contribution in [2.24, 2.45) is 0 Å². The molecule has 0 fully saturated rings. The van der Waals surface area contributed by atoms with Gasteiger partial charge in [0.2, 0.25) is 5.91 Å². The molecule has 180 valence electrons. The number of carbonyl (C=O) groups is 1. The molecule has 2 aromatic heterocycles. The zero-order valence-corrected chi connectivity index (χ0v) is 20.0. The highest BCUT2D eigenvalue weighted by Crippen LogP contribution is 2.30. The highest BCUT2D eigenvalue weighted by molar-refractivity contribution is 5.91. The third-order valence-electron chi connectivity index (χ3n) is 6.00. The van der Waals surface area contributed by atoms with Gasteiger partial charge in [0.25, 0.3) is 0 Å². The fourth-order valence-corrected chi connectivity index (χ4v) is 4.02. The van der Waals surface area contributed by atoms with Crippen molar-refractivity contribution in [3.63, 3.8) is 0 Å². The first-order valence-corrected chi connectivity index (χ1v) is 11.6. The van der Waals surface area contributed by atoms with E-state index in [-0.39, 0.29) is 5.91 Å². The molecule has 34 heavy (non-hydrogen) atoms. The van der Waals surface area contributed by atoms with Crippen molar-refractivity contribution in [2.45, 2.75) is 59.1 Å². The van der Waals surface area contributed by atoms with Crippen molar-refractivity contribution >= 4 is 12.0 Å². The molecule has 0 spiro atoms. The number of carbonyl (C=O) groups excluding carboxylic acids is 1. The van der Waals surface area contributed by atoms with Crippen molar-refractivity contribution in [1.29, 1.82) is 0 Å². The van der Waals surface area contributed by atoms with Crippen LogP contribution in [-0.4, -0.2) is 39.5 Å². The van der Waals surface area contributed by atoms with Gasteiger partial charge in [0.05, 0.1) is 18.4 Å². The number of amides is 1. The van der Waals surface area contributed by atoms with E-state index in [0.717, 1.165) is 53.6 Å². The lowest BCUT2D eigenvalue weighted by Gasteiger charge is -2.11. The molecule has 0 saturated heterocycles. The Hall–Kier alpha value is -3.62. The molecule has 1 amide bonds. The highest BCUT2D eigenvalue weighted by Gasteiger charge is 2.15. The monoisotopic (exact) mass is 465 g/mol. The van der Waals surface area contributed by atoms with Gasteiger partial charge in [0.15, 0.2) is 11.5 Å². The second-order valence-corrected chi connectivity index (χ2v) is 8.37. The number of ether oxygens (including phenoxy) is 2. The number of methoxy groups -OCH3 is 1. The Morgan fingerprint density at radius 2 is 2.09 bits per heavy atom. The maximum absolute atomic E-state index is 12.3. The third-order valence-corrected chi connectivity index (χ3v) is 6.00. The van der Waals surface area contributed by atoms with Crippen LogP contribution in [0.5, 0.6) is 11.5 Å². The first-order valence-electron chi connectivity index (χ1n) is 11.6. The molecule has 1 aromatic carbocycles. The van der Waals surface area contributed by atoms with Crippen LogP contribution in [0, 0.1) is 13.8 Å². The van der Waals surface area contributed by atoms with Crippen LogP contribution in [0.25, 0.3) is 6.08 Å². The van der Waals surface area contributed by atoms with Crippen LogP contribution in [0.3, 0.4) is 0 Å². The summed E-state index contributed by atoms with van der Waals surface area (Å²) in [6, 6.07) is 5.53. The van der Waals surface area contributed by atoms with E-state index in [0.29, 0.717) is 31.1 Å². The molecule has 4 rings (SSSR count). The molecule has 1 aliphatic rings. The zero-order chi connectivity index (χ0) is 23.9. The Balaban J connectivity index is 1.29. The van der Waals surface area contributed by atoms with E-state index in [1.54, 1.807) is 13.2 Å². The maximum atomic E-state index is 12.3. The Labute approximate surface area is 199 Å². The quantitative estimate of drug-likeness (QED) is 0.482. The summed E-state index contributed by atoms with van der Waals surface area (Å²) in [5.74, 6) is 3.78. The largest absolute Gasteiger partial charge is 0.493 e. The minimum absolute atomic E-state index is 0.159. The number of hydrogen-bond donors (Lipinski definition) is 1. The van der Waals surface area contributed by atoms with E-state index in [4.69, 9.17) is 14.0 Å². The number of aryl methyl sites for hydroxylation is 3. The van der Waals surface area contributed by atoms with Crippen molar-refractivity contribution in [3.05, 3.63) is 58.5 Å². The van der Waals surface area contributed by atoms with Crippen molar-refractivity contribution < 1.29 is 18.8 Å². The normalized spacial score (nSPS) is 13.5. The molecule has 1 aliphatic heterocycles. The molecule has 9 nitrogen and oxygen atoms in total. The Kier molecular flexibility index (Phi) is 7.61. The molecule has 0 aliphatic carbocycles. The molecule has 0 saturated carbocycles. The fraction of sp³-hybridized carbons (Fsp3) is 0.440. The second kappa shape index (κ2) is 11.0. The van der Waals surface area contributed by atoms with Crippen molar-refractivity contribution in [3.8, 4) is 11.5 Å². The average Bonchev–Trinajstić information content (AvgIpc) is 3.27. The SMILES string of the molecule is COc1cc(/C=C/C(=O)NCCc2nnc3n2CCCCC3)ccc1OCc1c(C)noc1C. The first-order chi connectivity index (χ1) is 16.5. The average molecular weight is 466 g/mol. The predicted octanol–water partition coefficient (Wildman–Crippen LogP) is 3.57. The maximum Gasteiger partial charge on any atom is 0.244 e. The molecule has 3 heterocycles. The molecule has 1 N–H and O–H groups in total. The van der Waals surface area contributed by atoms with Crippen LogP contribution in [0.1, 0.15) is 53.5 Å². The third kappa shape index (κ3) is 5.65. The summed E-state index contributed by atoms with van der Waals surface area (Å²) in [4.78, 5) is 12.3. The van der Waals surface area contributed by atoms with Crippen molar-refractivity contribution in [1.82, 2.24) is 25.2 Å². The summed E-state index contributed by atoms with van der Waals surface area (Å²) in [6.07, 6.45) is 8.46. The van der Waals surface area contributed by atoms with Crippen LogP contribution in [0.15, 0.2) is 28.8 Å². The minimum atomic E-state index is -0.159. The van der Waals surface area contributed by atoms with E-state index < -0.39 is 0 Å². The zero-order valence-electron chi connectivity index (χ0n) is 20.0. The summed E-state index contributed by atoms with van der Waals surface area (Å²) < 4.78 is 18.8. The fourth-order valence-electron chi connectivity index (χ4n) is 4.02. The topological polar surface area (TPSA) is 104 Å². The van der Waals surface area contributed by atoms with Gasteiger partial charge in [0.1, 0.15) is 24.0 Å². The van der Waals surface area contributed by atoms with Gasteiger partial charge in [-0.05, 0) is 50.5 Å². The van der Waals surface area contributed by atoms with Crippen LogP contribution in [-0.2, 0) is 30.8 Å². The van der Waals surface area contributed by atoms with Crippen LogP contribution in [0.4, 0.5) is 0 Å². The second-order valence-electron chi connectivity index (χ2n) is 8.37. The number of aromatic nitrogens is 4. The molecule has 0 unspecified atom stereocenters. The van der Waals surface area contributed by atoms with Gasteiger partial charge >= 0.3 is 0 Å². The molecule has 0 atom stereocenters. The van der Waals surface area contributed by atoms with E-state index in [1.165, 1.54) is 18.9 Å². The lowest BCUT2D eigenvalue weighted by atomic mass is 10.2. The summed E-state index contributed by atoms with van der Waals surface area (Å²) in [7, 11) is 1.59. The Morgan fingerprint density at radius 1 is 1.21 bits per heavy atom. The number of rotatable bonds is 9. The molecule has 0 bridgehead atoms. The van der Waals surface area contributed by atoms with E-state index in [2.05, 4.69) is 25.2 Å². The lowest BCUT2D eigenvalue weighted by molar-refractivity contribution is -0.116. The standard InChI is InChI=1S/C25H31N5O4/c1-17-20(18(2)34-29-17)16-33-21-10-8-19(15-22(21)32-3)9-11-25(31)26-13-12-24-28-27-23-7-5-4-6-14-30(23)24/h8-11,15H,4-7,12-14,16H2,1-3H3,(H,26,31)/b11-9+. The number of fused-ring (bicyclic) bond motifs is 1. The van der Waals surface area contributed by atoms with Gasteiger partial charge in [-0.25, -0.2) is 0 Å². The van der Waals surface area contributed by atoms with E-state index >= 15 is 0 Å². The number of nitrogens with one attached hydrogen (secondary N) is 1. The van der Waals surface area contributed by atoms with Gasteiger partial charge < -0.3 is 23.9 Å².